The van der Waals surface area contributed by atoms with E-state index in [4.69, 9.17) is 10.5 Å². The molecule has 0 radical (unpaired) electrons. The molecule has 1 aromatic carbocycles. The molecule has 0 saturated carbocycles. The first-order valence-electron chi connectivity index (χ1n) is 6.02. The van der Waals surface area contributed by atoms with Gasteiger partial charge in [-0.15, -0.1) is 0 Å². The Morgan fingerprint density at radius 2 is 2.06 bits per heavy atom. The zero-order valence-corrected chi connectivity index (χ0v) is 10.8. The van der Waals surface area contributed by atoms with Crippen molar-refractivity contribution in [1.29, 1.82) is 0 Å². The predicted molar refractivity (Wildman–Crippen MR) is 72.4 cm³/mol. The Balaban J connectivity index is 2.40. The van der Waals surface area contributed by atoms with Crippen LogP contribution in [0.4, 0.5) is 5.69 Å². The molecule has 1 aromatic rings. The monoisotopic (exact) mass is 251 g/mol. The maximum Gasteiger partial charge on any atom is 0.238 e. The van der Waals surface area contributed by atoms with Crippen LogP contribution in [0.5, 0.6) is 0 Å². The second kappa shape index (κ2) is 8.63. The Morgan fingerprint density at radius 3 is 2.67 bits per heavy atom. The van der Waals surface area contributed by atoms with Crippen LogP contribution in [-0.4, -0.2) is 50.7 Å². The Bertz CT molecular complexity index is 343. The first-order valence-corrected chi connectivity index (χ1v) is 6.02. The van der Waals surface area contributed by atoms with E-state index in [-0.39, 0.29) is 5.91 Å². The number of ether oxygens (including phenoxy) is 1. The maximum atomic E-state index is 11.8. The second-order valence-corrected chi connectivity index (χ2v) is 3.97. The summed E-state index contributed by atoms with van der Waals surface area (Å²) < 4.78 is 5.00. The first kappa shape index (κ1) is 14.6. The molecule has 5 nitrogen and oxygen atoms in total. The third-order valence-corrected chi connectivity index (χ3v) is 2.48. The van der Waals surface area contributed by atoms with Gasteiger partial charge in [0.15, 0.2) is 0 Å². The fraction of sp³-hybridized carbons (Fsp3) is 0.462. The highest BCUT2D eigenvalue weighted by Crippen LogP contribution is 2.04. The zero-order valence-electron chi connectivity index (χ0n) is 10.8. The fourth-order valence-electron chi connectivity index (χ4n) is 1.60. The van der Waals surface area contributed by atoms with Gasteiger partial charge in [0.2, 0.25) is 5.91 Å². The number of para-hydroxylation sites is 1. The number of nitrogens with two attached hydrogens (primary N) is 1. The van der Waals surface area contributed by atoms with Gasteiger partial charge in [-0.25, -0.2) is 0 Å². The first-order chi connectivity index (χ1) is 8.76. The highest BCUT2D eigenvalue weighted by Gasteiger charge is 2.09. The number of nitrogens with one attached hydrogen (secondary N) is 1. The van der Waals surface area contributed by atoms with E-state index < -0.39 is 0 Å². The number of anilines is 1. The van der Waals surface area contributed by atoms with E-state index in [0.717, 1.165) is 5.69 Å². The number of carbonyl (C=O) groups excluding carboxylic acids is 1. The van der Waals surface area contributed by atoms with Crippen LogP contribution in [0.3, 0.4) is 0 Å². The van der Waals surface area contributed by atoms with E-state index in [1.165, 1.54) is 0 Å². The minimum atomic E-state index is -0.0363. The quantitative estimate of drug-likeness (QED) is 0.707. The molecule has 0 atom stereocenters. The summed E-state index contributed by atoms with van der Waals surface area (Å²) in [7, 11) is 1.64. The van der Waals surface area contributed by atoms with Gasteiger partial charge in [0.25, 0.3) is 0 Å². The molecular formula is C13H21N3O2. The van der Waals surface area contributed by atoms with E-state index in [2.05, 4.69) is 5.32 Å². The Kier molecular flexibility index (Phi) is 7.01. The van der Waals surface area contributed by atoms with Crippen LogP contribution in [0, 0.1) is 0 Å². The van der Waals surface area contributed by atoms with Gasteiger partial charge < -0.3 is 15.8 Å². The average molecular weight is 251 g/mol. The molecule has 0 bridgehead atoms. The molecule has 0 heterocycles. The molecule has 0 spiro atoms. The van der Waals surface area contributed by atoms with Crippen LogP contribution >= 0.6 is 0 Å². The highest BCUT2D eigenvalue weighted by atomic mass is 16.5. The van der Waals surface area contributed by atoms with Crippen LogP contribution in [0.15, 0.2) is 30.3 Å². The molecule has 5 heteroatoms. The largest absolute Gasteiger partial charge is 0.383 e. The lowest BCUT2D eigenvalue weighted by Gasteiger charge is -2.20. The third kappa shape index (κ3) is 5.77. The van der Waals surface area contributed by atoms with Gasteiger partial charge in [0, 0.05) is 32.4 Å². The Labute approximate surface area is 108 Å². The lowest BCUT2D eigenvalue weighted by molar-refractivity contribution is -0.117. The molecule has 0 saturated heterocycles. The van der Waals surface area contributed by atoms with Crippen LogP contribution in [0.2, 0.25) is 0 Å². The topological polar surface area (TPSA) is 67.6 Å². The number of benzene rings is 1. The summed E-state index contributed by atoms with van der Waals surface area (Å²) in [6.45, 7) is 2.85. The molecule has 1 rings (SSSR count). The van der Waals surface area contributed by atoms with E-state index >= 15 is 0 Å². The van der Waals surface area contributed by atoms with Gasteiger partial charge in [-0.1, -0.05) is 18.2 Å². The molecule has 100 valence electrons. The van der Waals surface area contributed by atoms with E-state index in [9.17, 15) is 4.79 Å². The number of carbonyl (C=O) groups is 1. The van der Waals surface area contributed by atoms with Gasteiger partial charge in [0.05, 0.1) is 13.2 Å². The van der Waals surface area contributed by atoms with E-state index in [1.807, 2.05) is 35.2 Å². The minimum Gasteiger partial charge on any atom is -0.383 e. The number of nitrogens with zero attached hydrogens (tertiary/aromatic N) is 1. The molecule has 0 aliphatic carbocycles. The van der Waals surface area contributed by atoms with Gasteiger partial charge in [-0.2, -0.15) is 0 Å². The molecule has 0 unspecified atom stereocenters. The van der Waals surface area contributed by atoms with Crippen molar-refractivity contribution in [3.63, 3.8) is 0 Å². The standard InChI is InChI=1S/C13H21N3O2/c1-18-10-9-16(8-7-14)11-13(17)15-12-5-3-2-4-6-12/h2-6H,7-11,14H2,1H3,(H,15,17). The molecule has 0 aromatic heterocycles. The van der Waals surface area contributed by atoms with Crippen molar-refractivity contribution in [2.45, 2.75) is 0 Å². The predicted octanol–water partition coefficient (Wildman–Crippen LogP) is 0.532. The molecular weight excluding hydrogens is 230 g/mol. The smallest absolute Gasteiger partial charge is 0.238 e. The maximum absolute atomic E-state index is 11.8. The highest BCUT2D eigenvalue weighted by molar-refractivity contribution is 5.92. The molecule has 0 aliphatic heterocycles. The van der Waals surface area contributed by atoms with Crippen LogP contribution in [0.25, 0.3) is 0 Å². The molecule has 1 amide bonds. The summed E-state index contributed by atoms with van der Waals surface area (Å²) in [5.41, 5.74) is 6.32. The van der Waals surface area contributed by atoms with Gasteiger partial charge >= 0.3 is 0 Å². The number of rotatable bonds is 8. The van der Waals surface area contributed by atoms with Crippen molar-refractivity contribution in [2.24, 2.45) is 5.73 Å². The van der Waals surface area contributed by atoms with Crippen molar-refractivity contribution < 1.29 is 9.53 Å². The van der Waals surface area contributed by atoms with Crippen molar-refractivity contribution in [1.82, 2.24) is 4.90 Å². The number of hydrogen-bond donors (Lipinski definition) is 2. The van der Waals surface area contributed by atoms with Crippen LogP contribution < -0.4 is 11.1 Å². The van der Waals surface area contributed by atoms with Gasteiger partial charge in [-0.05, 0) is 12.1 Å². The van der Waals surface area contributed by atoms with E-state index in [1.54, 1.807) is 7.11 Å². The molecule has 3 N–H and O–H groups in total. The third-order valence-electron chi connectivity index (χ3n) is 2.48. The van der Waals surface area contributed by atoms with Crippen molar-refractivity contribution in [3.05, 3.63) is 30.3 Å². The Hall–Kier alpha value is -1.43. The van der Waals surface area contributed by atoms with Gasteiger partial charge in [0.1, 0.15) is 0 Å². The summed E-state index contributed by atoms with van der Waals surface area (Å²) in [6, 6.07) is 9.41. The van der Waals surface area contributed by atoms with E-state index in [0.29, 0.717) is 32.8 Å². The summed E-state index contributed by atoms with van der Waals surface area (Å²) >= 11 is 0. The van der Waals surface area contributed by atoms with Crippen molar-refractivity contribution in [2.75, 3.05) is 45.2 Å². The van der Waals surface area contributed by atoms with Crippen molar-refractivity contribution in [3.8, 4) is 0 Å². The normalized spacial score (nSPS) is 10.6. The summed E-state index contributed by atoms with van der Waals surface area (Å²) in [5, 5.41) is 2.84. The molecule has 18 heavy (non-hydrogen) atoms. The minimum absolute atomic E-state index is 0.0363. The average Bonchev–Trinajstić information content (AvgIpc) is 2.37. The van der Waals surface area contributed by atoms with Crippen LogP contribution in [-0.2, 0) is 9.53 Å². The summed E-state index contributed by atoms with van der Waals surface area (Å²) in [6.07, 6.45) is 0. The molecule has 0 fully saturated rings. The van der Waals surface area contributed by atoms with Gasteiger partial charge in [-0.3, -0.25) is 9.69 Å². The van der Waals surface area contributed by atoms with Crippen molar-refractivity contribution >= 4 is 11.6 Å². The SMILES string of the molecule is COCCN(CCN)CC(=O)Nc1ccccc1. The zero-order chi connectivity index (χ0) is 13.2. The summed E-state index contributed by atoms with van der Waals surface area (Å²) in [4.78, 5) is 13.8. The lowest BCUT2D eigenvalue weighted by Crippen LogP contribution is -2.38. The number of amides is 1. The fourth-order valence-corrected chi connectivity index (χ4v) is 1.60. The number of hydrogen-bond acceptors (Lipinski definition) is 4. The number of methoxy groups -OCH3 is 1. The second-order valence-electron chi connectivity index (χ2n) is 3.97. The summed E-state index contributed by atoms with van der Waals surface area (Å²) in [5.74, 6) is -0.0363. The van der Waals surface area contributed by atoms with Crippen LogP contribution in [0.1, 0.15) is 0 Å². The Morgan fingerprint density at radius 1 is 1.33 bits per heavy atom. The molecule has 0 aliphatic rings. The lowest BCUT2D eigenvalue weighted by atomic mass is 10.3.